The van der Waals surface area contributed by atoms with Gasteiger partial charge in [0, 0.05) is 4.47 Å². The van der Waals surface area contributed by atoms with Gasteiger partial charge in [-0.25, -0.2) is 9.18 Å². The molecule has 0 spiro atoms. The topological polar surface area (TPSA) is 75.3 Å². The molecule has 0 aromatic heterocycles. The molecule has 20 heavy (non-hydrogen) atoms. The highest BCUT2D eigenvalue weighted by Gasteiger charge is 2.18. The molecular weight excluding hydrogens is 327 g/mol. The van der Waals surface area contributed by atoms with E-state index in [0.29, 0.717) is 5.69 Å². The molecule has 0 atom stereocenters. The molecule has 104 valence electrons. The molecule has 4 N–H and O–H groups in total. The fourth-order valence-electron chi connectivity index (χ4n) is 1.82. The molecule has 0 unspecified atom stereocenters. The predicted molar refractivity (Wildman–Crippen MR) is 79.9 cm³/mol. The fraction of sp³-hybridized carbons (Fsp3) is 0.0714. The number of aromatic carboxylic acids is 1. The highest BCUT2D eigenvalue weighted by atomic mass is 79.9. The van der Waals surface area contributed by atoms with Crippen molar-refractivity contribution in [3.63, 3.8) is 0 Å². The molecule has 0 bridgehead atoms. The minimum atomic E-state index is -1.28. The van der Waals surface area contributed by atoms with Crippen LogP contribution in [0, 0.1) is 12.7 Å². The smallest absolute Gasteiger partial charge is 0.340 e. The lowest BCUT2D eigenvalue weighted by atomic mass is 10.1. The van der Waals surface area contributed by atoms with Crippen molar-refractivity contribution in [2.24, 2.45) is 0 Å². The second-order valence-electron chi connectivity index (χ2n) is 4.25. The number of carboxylic acids is 1. The van der Waals surface area contributed by atoms with Gasteiger partial charge in [-0.05, 0) is 46.6 Å². The zero-order chi connectivity index (χ0) is 14.9. The van der Waals surface area contributed by atoms with Gasteiger partial charge in [0.1, 0.15) is 11.4 Å². The number of anilines is 3. The summed E-state index contributed by atoms with van der Waals surface area (Å²) >= 11 is 3.42. The molecule has 0 saturated heterocycles. The maximum absolute atomic E-state index is 13.4. The number of halogens is 2. The normalized spacial score (nSPS) is 10.3. The molecule has 0 fully saturated rings. The highest BCUT2D eigenvalue weighted by Crippen LogP contribution is 2.32. The second-order valence-corrected chi connectivity index (χ2v) is 5.04. The molecule has 2 aromatic carbocycles. The van der Waals surface area contributed by atoms with E-state index in [0.717, 1.165) is 16.1 Å². The summed E-state index contributed by atoms with van der Waals surface area (Å²) in [6, 6.07) is 8.00. The molecule has 0 amide bonds. The van der Waals surface area contributed by atoms with Gasteiger partial charge < -0.3 is 16.2 Å². The Bertz CT molecular complexity index is 689. The third kappa shape index (κ3) is 2.60. The number of rotatable bonds is 3. The first-order valence-corrected chi connectivity index (χ1v) is 6.54. The van der Waals surface area contributed by atoms with E-state index >= 15 is 0 Å². The van der Waals surface area contributed by atoms with E-state index in [-0.39, 0.29) is 16.9 Å². The number of hydrogen-bond donors (Lipinski definition) is 3. The molecule has 6 heteroatoms. The molecule has 2 rings (SSSR count). The van der Waals surface area contributed by atoms with Crippen molar-refractivity contribution in [3.8, 4) is 0 Å². The van der Waals surface area contributed by atoms with Crippen LogP contribution in [-0.2, 0) is 0 Å². The third-order valence-corrected chi connectivity index (χ3v) is 3.92. The molecule has 2 aromatic rings. The standard InChI is InChI=1S/C14H12BrFN2O2/c1-7-3-2-4-10(12(7)15)18-9-6-5-8(16)13(17)11(9)14(19)20/h2-6,18H,17H2,1H3,(H,19,20). The van der Waals surface area contributed by atoms with Crippen LogP contribution in [0.2, 0.25) is 0 Å². The number of nitrogen functional groups attached to an aromatic ring is 1. The second kappa shape index (κ2) is 5.50. The van der Waals surface area contributed by atoms with Gasteiger partial charge in [-0.1, -0.05) is 12.1 Å². The van der Waals surface area contributed by atoms with E-state index in [9.17, 15) is 14.3 Å². The predicted octanol–water partition coefficient (Wildman–Crippen LogP) is 3.92. The Morgan fingerprint density at radius 3 is 2.65 bits per heavy atom. The number of nitrogens with one attached hydrogen (secondary N) is 1. The van der Waals surface area contributed by atoms with Crippen LogP contribution in [0.1, 0.15) is 15.9 Å². The minimum Gasteiger partial charge on any atom is -0.478 e. The summed E-state index contributed by atoms with van der Waals surface area (Å²) in [5.74, 6) is -2.04. The first-order chi connectivity index (χ1) is 9.41. The molecule has 0 saturated carbocycles. The van der Waals surface area contributed by atoms with E-state index in [2.05, 4.69) is 21.2 Å². The zero-order valence-electron chi connectivity index (χ0n) is 10.6. The minimum absolute atomic E-state index is 0.239. The molecule has 0 aliphatic rings. The van der Waals surface area contributed by atoms with Crippen molar-refractivity contribution in [1.82, 2.24) is 0 Å². The summed E-state index contributed by atoms with van der Waals surface area (Å²) in [5, 5.41) is 12.1. The quantitative estimate of drug-likeness (QED) is 0.741. The van der Waals surface area contributed by atoms with Crippen molar-refractivity contribution in [3.05, 3.63) is 51.7 Å². The van der Waals surface area contributed by atoms with Crippen LogP contribution in [-0.4, -0.2) is 11.1 Å². The average Bonchev–Trinajstić information content (AvgIpc) is 2.39. The molecule has 0 aliphatic heterocycles. The molecule has 4 nitrogen and oxygen atoms in total. The SMILES string of the molecule is Cc1cccc(Nc2ccc(F)c(N)c2C(=O)O)c1Br. The van der Waals surface area contributed by atoms with Crippen molar-refractivity contribution in [2.75, 3.05) is 11.1 Å². The Hall–Kier alpha value is -2.08. The Labute approximate surface area is 123 Å². The first kappa shape index (κ1) is 14.3. The maximum Gasteiger partial charge on any atom is 0.340 e. The number of hydrogen-bond acceptors (Lipinski definition) is 3. The molecular formula is C14H12BrFN2O2. The van der Waals surface area contributed by atoms with Crippen molar-refractivity contribution in [1.29, 1.82) is 0 Å². The summed E-state index contributed by atoms with van der Waals surface area (Å²) in [7, 11) is 0. The lowest BCUT2D eigenvalue weighted by molar-refractivity contribution is 0.0698. The number of carboxylic acid groups (broad SMARTS) is 1. The van der Waals surface area contributed by atoms with Gasteiger partial charge in [0.05, 0.1) is 17.1 Å². The van der Waals surface area contributed by atoms with E-state index in [4.69, 9.17) is 5.73 Å². The maximum atomic E-state index is 13.4. The Morgan fingerprint density at radius 1 is 1.30 bits per heavy atom. The van der Waals surface area contributed by atoms with Gasteiger partial charge in [-0.3, -0.25) is 0 Å². The summed E-state index contributed by atoms with van der Waals surface area (Å²) in [4.78, 5) is 11.2. The van der Waals surface area contributed by atoms with E-state index < -0.39 is 11.8 Å². The van der Waals surface area contributed by atoms with Crippen molar-refractivity contribution >= 4 is 39.0 Å². The zero-order valence-corrected chi connectivity index (χ0v) is 12.2. The van der Waals surface area contributed by atoms with Crippen LogP contribution in [0.3, 0.4) is 0 Å². The highest BCUT2D eigenvalue weighted by molar-refractivity contribution is 9.10. The Balaban J connectivity index is 2.52. The number of benzene rings is 2. The Morgan fingerprint density at radius 2 is 2.00 bits per heavy atom. The number of aryl methyl sites for hydroxylation is 1. The molecule has 0 radical (unpaired) electrons. The average molecular weight is 339 g/mol. The van der Waals surface area contributed by atoms with E-state index in [1.54, 1.807) is 6.07 Å². The van der Waals surface area contributed by atoms with E-state index in [1.165, 1.54) is 6.07 Å². The number of nitrogens with two attached hydrogens (primary N) is 1. The number of carbonyl (C=O) groups is 1. The lowest BCUT2D eigenvalue weighted by Gasteiger charge is -2.14. The first-order valence-electron chi connectivity index (χ1n) is 5.75. The summed E-state index contributed by atoms with van der Waals surface area (Å²) < 4.78 is 14.2. The monoisotopic (exact) mass is 338 g/mol. The van der Waals surface area contributed by atoms with Crippen LogP contribution in [0.25, 0.3) is 0 Å². The van der Waals surface area contributed by atoms with Gasteiger partial charge in [-0.2, -0.15) is 0 Å². The molecule has 0 heterocycles. The van der Waals surface area contributed by atoms with Gasteiger partial charge >= 0.3 is 5.97 Å². The van der Waals surface area contributed by atoms with Gasteiger partial charge in [0.2, 0.25) is 0 Å². The summed E-state index contributed by atoms with van der Waals surface area (Å²) in [6.07, 6.45) is 0. The molecule has 0 aliphatic carbocycles. The fourth-order valence-corrected chi connectivity index (χ4v) is 2.18. The van der Waals surface area contributed by atoms with Crippen molar-refractivity contribution < 1.29 is 14.3 Å². The van der Waals surface area contributed by atoms with Gasteiger partial charge in [0.25, 0.3) is 0 Å². The van der Waals surface area contributed by atoms with Crippen molar-refractivity contribution in [2.45, 2.75) is 6.92 Å². The van der Waals surface area contributed by atoms with Crippen LogP contribution >= 0.6 is 15.9 Å². The van der Waals surface area contributed by atoms with E-state index in [1.807, 2.05) is 19.1 Å². The largest absolute Gasteiger partial charge is 0.478 e. The summed E-state index contributed by atoms with van der Waals surface area (Å²) in [6.45, 7) is 1.91. The van der Waals surface area contributed by atoms with Gasteiger partial charge in [0.15, 0.2) is 0 Å². The van der Waals surface area contributed by atoms with Crippen LogP contribution in [0.15, 0.2) is 34.8 Å². The third-order valence-electron chi connectivity index (χ3n) is 2.87. The summed E-state index contributed by atoms with van der Waals surface area (Å²) in [5.41, 5.74) is 6.74. The van der Waals surface area contributed by atoms with Crippen LogP contribution < -0.4 is 11.1 Å². The Kier molecular flexibility index (Phi) is 3.94. The van der Waals surface area contributed by atoms with Crippen LogP contribution in [0.5, 0.6) is 0 Å². The van der Waals surface area contributed by atoms with Gasteiger partial charge in [-0.15, -0.1) is 0 Å². The van der Waals surface area contributed by atoms with Crippen LogP contribution in [0.4, 0.5) is 21.5 Å². The lowest BCUT2D eigenvalue weighted by Crippen LogP contribution is -2.09.